The number of thioether (sulfide) groups is 1. The van der Waals surface area contributed by atoms with Gasteiger partial charge in [0.15, 0.2) is 5.65 Å². The van der Waals surface area contributed by atoms with Crippen LogP contribution in [0.25, 0.3) is 16.7 Å². The Labute approximate surface area is 217 Å². The molecular weight excluding hydrogens is 516 g/mol. The number of anilines is 1. The van der Waals surface area contributed by atoms with Gasteiger partial charge in [0.25, 0.3) is 0 Å². The molecule has 2 aromatic heterocycles. The number of hydrogen-bond acceptors (Lipinski definition) is 9. The van der Waals surface area contributed by atoms with Crippen molar-refractivity contribution >= 4 is 44.4 Å². The molecule has 1 N–H and O–H groups in total. The van der Waals surface area contributed by atoms with E-state index in [9.17, 15) is 13.2 Å². The normalized spacial score (nSPS) is 14.5. The average molecular weight is 541 g/mol. The number of aromatic nitrogens is 4. The number of nitrogens with one attached hydrogen (secondary N) is 1. The Morgan fingerprint density at radius 3 is 2.51 bits per heavy atom. The SMILES string of the molecule is COc1ccc(-n2ncc3c(SCC(=O)Nc4ccc(S(=O)(=O)N5CCOCC5)cc4)ncnc32)cc1. The van der Waals surface area contributed by atoms with Crippen LogP contribution in [0.15, 0.2) is 71.0 Å². The highest BCUT2D eigenvalue weighted by molar-refractivity contribution is 8.00. The standard InChI is InChI=1S/C24H24N6O5S2/c1-34-19-6-4-18(5-7-19)30-23-21(14-27-30)24(26-16-25-23)36-15-22(31)28-17-2-8-20(9-3-17)37(32,33)29-10-12-35-13-11-29/h2-9,14,16H,10-13,15H2,1H3,(H,28,31). The summed E-state index contributed by atoms with van der Waals surface area (Å²) in [5.41, 5.74) is 1.95. The maximum Gasteiger partial charge on any atom is 0.243 e. The molecule has 4 aromatic rings. The smallest absolute Gasteiger partial charge is 0.243 e. The van der Waals surface area contributed by atoms with Crippen LogP contribution < -0.4 is 10.1 Å². The first kappa shape index (κ1) is 25.1. The third-order valence-corrected chi connectivity index (χ3v) is 8.65. The molecule has 0 radical (unpaired) electrons. The molecule has 0 spiro atoms. The van der Waals surface area contributed by atoms with Crippen LogP contribution in [0.2, 0.25) is 0 Å². The Balaban J connectivity index is 1.23. The van der Waals surface area contributed by atoms with E-state index in [4.69, 9.17) is 9.47 Å². The van der Waals surface area contributed by atoms with Gasteiger partial charge in [-0.15, -0.1) is 0 Å². The van der Waals surface area contributed by atoms with Gasteiger partial charge in [0, 0.05) is 18.8 Å². The molecule has 5 rings (SSSR count). The Morgan fingerprint density at radius 2 is 1.81 bits per heavy atom. The Morgan fingerprint density at radius 1 is 1.08 bits per heavy atom. The largest absolute Gasteiger partial charge is 0.497 e. The van der Waals surface area contributed by atoms with Crippen molar-refractivity contribution in [2.24, 2.45) is 0 Å². The van der Waals surface area contributed by atoms with Crippen molar-refractivity contribution < 1.29 is 22.7 Å². The van der Waals surface area contributed by atoms with Crippen molar-refractivity contribution in [3.8, 4) is 11.4 Å². The van der Waals surface area contributed by atoms with E-state index in [1.54, 1.807) is 30.1 Å². The summed E-state index contributed by atoms with van der Waals surface area (Å²) < 4.78 is 39.1. The van der Waals surface area contributed by atoms with Crippen LogP contribution in [0.1, 0.15) is 0 Å². The summed E-state index contributed by atoms with van der Waals surface area (Å²) in [5, 5.41) is 8.60. The van der Waals surface area contributed by atoms with Gasteiger partial charge in [-0.1, -0.05) is 11.8 Å². The zero-order chi connectivity index (χ0) is 25.8. The molecule has 192 valence electrons. The molecule has 2 aromatic carbocycles. The summed E-state index contributed by atoms with van der Waals surface area (Å²) in [7, 11) is -1.98. The highest BCUT2D eigenvalue weighted by atomic mass is 32.2. The zero-order valence-corrected chi connectivity index (χ0v) is 21.5. The van der Waals surface area contributed by atoms with Crippen molar-refractivity contribution in [1.82, 2.24) is 24.1 Å². The monoisotopic (exact) mass is 540 g/mol. The number of nitrogens with zero attached hydrogens (tertiary/aromatic N) is 5. The number of fused-ring (bicyclic) bond motifs is 1. The van der Waals surface area contributed by atoms with Crippen molar-refractivity contribution in [2.75, 3.05) is 44.5 Å². The highest BCUT2D eigenvalue weighted by Crippen LogP contribution is 2.27. The molecule has 1 amide bonds. The van der Waals surface area contributed by atoms with E-state index in [1.165, 1.54) is 34.5 Å². The quantitative estimate of drug-likeness (QED) is 0.265. The lowest BCUT2D eigenvalue weighted by atomic mass is 10.3. The Bertz CT molecular complexity index is 1500. The number of benzene rings is 2. The summed E-state index contributed by atoms with van der Waals surface area (Å²) in [6.07, 6.45) is 3.12. The zero-order valence-electron chi connectivity index (χ0n) is 19.9. The van der Waals surface area contributed by atoms with Gasteiger partial charge in [-0.25, -0.2) is 23.1 Å². The number of carbonyl (C=O) groups excluding carboxylic acids is 1. The molecule has 3 heterocycles. The Hall–Kier alpha value is -3.52. The first-order valence-corrected chi connectivity index (χ1v) is 13.8. The number of amides is 1. The molecule has 1 aliphatic rings. The van der Waals surface area contributed by atoms with Crippen LogP contribution in [0.3, 0.4) is 0 Å². The number of ether oxygens (including phenoxy) is 2. The maximum absolute atomic E-state index is 12.8. The third-order valence-electron chi connectivity index (χ3n) is 5.73. The van der Waals surface area contributed by atoms with Gasteiger partial charge in [-0.05, 0) is 48.5 Å². The summed E-state index contributed by atoms with van der Waals surface area (Å²) in [6, 6.07) is 13.6. The topological polar surface area (TPSA) is 129 Å². The van der Waals surface area contributed by atoms with Gasteiger partial charge >= 0.3 is 0 Å². The summed E-state index contributed by atoms with van der Waals surface area (Å²) >= 11 is 1.27. The van der Waals surface area contributed by atoms with E-state index in [-0.39, 0.29) is 16.6 Å². The van der Waals surface area contributed by atoms with E-state index in [1.807, 2.05) is 24.3 Å². The molecule has 0 bridgehead atoms. The molecule has 0 unspecified atom stereocenters. The number of sulfonamides is 1. The maximum atomic E-state index is 12.8. The van der Waals surface area contributed by atoms with Crippen LogP contribution >= 0.6 is 11.8 Å². The van der Waals surface area contributed by atoms with Gasteiger partial charge < -0.3 is 14.8 Å². The number of morpholine rings is 1. The van der Waals surface area contributed by atoms with Crippen molar-refractivity contribution in [2.45, 2.75) is 9.92 Å². The minimum Gasteiger partial charge on any atom is -0.497 e. The van der Waals surface area contributed by atoms with E-state index in [0.29, 0.717) is 42.7 Å². The van der Waals surface area contributed by atoms with Gasteiger partial charge in [-0.2, -0.15) is 9.40 Å². The second kappa shape index (κ2) is 10.8. The summed E-state index contributed by atoms with van der Waals surface area (Å²) in [5.74, 6) is 0.599. The molecule has 37 heavy (non-hydrogen) atoms. The fourth-order valence-corrected chi connectivity index (χ4v) is 6.00. The molecular formula is C24H24N6O5S2. The second-order valence-electron chi connectivity index (χ2n) is 8.05. The van der Waals surface area contributed by atoms with Gasteiger partial charge in [0.1, 0.15) is 17.1 Å². The van der Waals surface area contributed by atoms with Crippen molar-refractivity contribution in [1.29, 1.82) is 0 Å². The number of carbonyl (C=O) groups is 1. The summed E-state index contributed by atoms with van der Waals surface area (Å²) in [4.78, 5) is 21.5. The average Bonchev–Trinajstić information content (AvgIpc) is 3.37. The van der Waals surface area contributed by atoms with Gasteiger partial charge in [0.05, 0.1) is 48.2 Å². The van der Waals surface area contributed by atoms with Crippen LogP contribution in [0, 0.1) is 0 Å². The van der Waals surface area contributed by atoms with Crippen molar-refractivity contribution in [3.05, 3.63) is 61.1 Å². The highest BCUT2D eigenvalue weighted by Gasteiger charge is 2.26. The van der Waals surface area contributed by atoms with Crippen molar-refractivity contribution in [3.63, 3.8) is 0 Å². The van der Waals surface area contributed by atoms with E-state index >= 15 is 0 Å². The predicted molar refractivity (Wildman–Crippen MR) is 139 cm³/mol. The molecule has 0 saturated carbocycles. The lowest BCUT2D eigenvalue weighted by Crippen LogP contribution is -2.40. The van der Waals surface area contributed by atoms with Crippen LogP contribution in [0.4, 0.5) is 5.69 Å². The number of methoxy groups -OCH3 is 1. The first-order chi connectivity index (χ1) is 18.0. The first-order valence-electron chi connectivity index (χ1n) is 11.4. The van der Waals surface area contributed by atoms with Gasteiger partial charge in [-0.3, -0.25) is 4.79 Å². The third kappa shape index (κ3) is 5.44. The van der Waals surface area contributed by atoms with Crippen LogP contribution in [-0.2, 0) is 19.6 Å². The van der Waals surface area contributed by atoms with E-state index < -0.39 is 10.0 Å². The summed E-state index contributed by atoms with van der Waals surface area (Å²) in [6.45, 7) is 1.42. The molecule has 0 atom stereocenters. The Kier molecular flexibility index (Phi) is 7.37. The fourth-order valence-electron chi connectivity index (χ4n) is 3.83. The molecule has 1 saturated heterocycles. The van der Waals surface area contributed by atoms with E-state index in [0.717, 1.165) is 16.8 Å². The molecule has 1 fully saturated rings. The lowest BCUT2D eigenvalue weighted by molar-refractivity contribution is -0.113. The minimum atomic E-state index is -3.59. The van der Waals surface area contributed by atoms with Crippen LogP contribution in [0.5, 0.6) is 5.75 Å². The second-order valence-corrected chi connectivity index (χ2v) is 11.0. The minimum absolute atomic E-state index is 0.105. The molecule has 11 nitrogen and oxygen atoms in total. The van der Waals surface area contributed by atoms with E-state index in [2.05, 4.69) is 20.4 Å². The van der Waals surface area contributed by atoms with Gasteiger partial charge in [0.2, 0.25) is 15.9 Å². The molecule has 0 aliphatic carbocycles. The predicted octanol–water partition coefficient (Wildman–Crippen LogP) is 2.58. The fraction of sp³-hybridized carbons (Fsp3) is 0.250. The molecule has 13 heteroatoms. The number of hydrogen-bond donors (Lipinski definition) is 1. The van der Waals surface area contributed by atoms with Crippen LogP contribution in [-0.4, -0.2) is 77.5 Å². The number of rotatable bonds is 8. The lowest BCUT2D eigenvalue weighted by Gasteiger charge is -2.26. The molecule has 1 aliphatic heterocycles.